The zero-order valence-corrected chi connectivity index (χ0v) is 15.7. The van der Waals surface area contributed by atoms with Crippen LogP contribution in [0.3, 0.4) is 0 Å². The predicted octanol–water partition coefficient (Wildman–Crippen LogP) is 1.89. The summed E-state index contributed by atoms with van der Waals surface area (Å²) in [4.78, 5) is 35.7. The van der Waals surface area contributed by atoms with E-state index in [-0.39, 0.29) is 11.5 Å². The fourth-order valence-electron chi connectivity index (χ4n) is 3.23. The van der Waals surface area contributed by atoms with Crippen LogP contribution in [0.15, 0.2) is 35.3 Å². The first-order chi connectivity index (χ1) is 13.1. The van der Waals surface area contributed by atoms with Gasteiger partial charge in [-0.3, -0.25) is 14.6 Å². The van der Waals surface area contributed by atoms with Gasteiger partial charge in [0.05, 0.1) is 10.7 Å². The van der Waals surface area contributed by atoms with Gasteiger partial charge in [0.25, 0.3) is 11.5 Å². The highest BCUT2D eigenvalue weighted by Gasteiger charge is 2.24. The highest BCUT2D eigenvalue weighted by Crippen LogP contribution is 2.28. The highest BCUT2D eigenvalue weighted by atomic mass is 35.5. The summed E-state index contributed by atoms with van der Waals surface area (Å²) in [5, 5.41) is 3.53. The average molecular weight is 388 g/mol. The Labute approximate surface area is 162 Å². The van der Waals surface area contributed by atoms with E-state index in [9.17, 15) is 9.59 Å². The number of aromatic nitrogens is 2. The molecule has 0 spiro atoms. The van der Waals surface area contributed by atoms with E-state index in [0.717, 1.165) is 36.6 Å². The minimum atomic E-state index is -0.401. The molecular weight excluding hydrogens is 366 g/mol. The fraction of sp³-hybridized carbons (Fsp3) is 0.421. The summed E-state index contributed by atoms with van der Waals surface area (Å²) in [5.41, 5.74) is 0.680. The Bertz CT molecular complexity index is 888. The van der Waals surface area contributed by atoms with Crippen LogP contribution in [0.4, 0.5) is 11.6 Å². The summed E-state index contributed by atoms with van der Waals surface area (Å²) in [7, 11) is 0. The summed E-state index contributed by atoms with van der Waals surface area (Å²) >= 11 is 6.27. The second kappa shape index (κ2) is 7.60. The van der Waals surface area contributed by atoms with Crippen molar-refractivity contribution in [1.29, 1.82) is 0 Å². The van der Waals surface area contributed by atoms with Crippen molar-refractivity contribution >= 4 is 29.1 Å². The number of H-pyrrole nitrogens is 1. The molecule has 1 saturated carbocycles. The maximum Gasteiger partial charge on any atom is 0.265 e. The first-order valence-electron chi connectivity index (χ1n) is 9.24. The molecule has 0 radical (unpaired) electrons. The van der Waals surface area contributed by atoms with E-state index in [2.05, 4.69) is 20.2 Å². The van der Waals surface area contributed by atoms with E-state index in [1.807, 2.05) is 29.2 Å². The number of halogens is 1. The van der Waals surface area contributed by atoms with Crippen molar-refractivity contribution in [1.82, 2.24) is 15.3 Å². The molecule has 142 valence electrons. The van der Waals surface area contributed by atoms with Gasteiger partial charge >= 0.3 is 0 Å². The summed E-state index contributed by atoms with van der Waals surface area (Å²) in [5.74, 6) is 0.706. The lowest BCUT2D eigenvalue weighted by Crippen LogP contribution is -2.47. The predicted molar refractivity (Wildman–Crippen MR) is 106 cm³/mol. The van der Waals surface area contributed by atoms with Crippen molar-refractivity contribution in [2.45, 2.75) is 12.8 Å². The van der Waals surface area contributed by atoms with Crippen molar-refractivity contribution in [3.05, 3.63) is 51.4 Å². The van der Waals surface area contributed by atoms with Crippen LogP contribution in [0.1, 0.15) is 23.2 Å². The Kier molecular flexibility index (Phi) is 5.03. The number of piperazine rings is 1. The number of nitrogens with one attached hydrogen (secondary N) is 2. The van der Waals surface area contributed by atoms with Gasteiger partial charge < -0.3 is 15.1 Å². The molecule has 8 heteroatoms. The quantitative estimate of drug-likeness (QED) is 0.818. The van der Waals surface area contributed by atoms with Gasteiger partial charge in [0.1, 0.15) is 5.56 Å². The number of anilines is 2. The van der Waals surface area contributed by atoms with Crippen molar-refractivity contribution in [3.8, 4) is 0 Å². The molecule has 2 aromatic rings. The molecule has 1 saturated heterocycles. The zero-order chi connectivity index (χ0) is 18.8. The Morgan fingerprint density at radius 3 is 2.56 bits per heavy atom. The molecular formula is C19H22ClN5O2. The minimum Gasteiger partial charge on any atom is -0.367 e. The monoisotopic (exact) mass is 387 g/mol. The summed E-state index contributed by atoms with van der Waals surface area (Å²) in [6.45, 7) is 3.60. The molecule has 1 aliphatic heterocycles. The largest absolute Gasteiger partial charge is 0.367 e. The number of nitrogens with zero attached hydrogens (tertiary/aromatic N) is 3. The highest BCUT2D eigenvalue weighted by molar-refractivity contribution is 6.33. The maximum absolute atomic E-state index is 12.3. The Morgan fingerprint density at radius 2 is 1.89 bits per heavy atom. The second-order valence-corrected chi connectivity index (χ2v) is 7.44. The molecule has 7 nitrogen and oxygen atoms in total. The lowest BCUT2D eigenvalue weighted by atomic mass is 10.2. The van der Waals surface area contributed by atoms with Crippen molar-refractivity contribution in [2.24, 2.45) is 5.92 Å². The van der Waals surface area contributed by atoms with Gasteiger partial charge in [0.15, 0.2) is 0 Å². The van der Waals surface area contributed by atoms with Gasteiger partial charge in [-0.1, -0.05) is 23.7 Å². The number of hydrogen-bond acceptors (Lipinski definition) is 5. The van der Waals surface area contributed by atoms with Gasteiger partial charge in [-0.25, -0.2) is 4.98 Å². The van der Waals surface area contributed by atoms with Gasteiger partial charge in [-0.2, -0.15) is 0 Å². The fourth-order valence-corrected chi connectivity index (χ4v) is 3.48. The molecule has 2 aliphatic rings. The van der Waals surface area contributed by atoms with Crippen molar-refractivity contribution in [2.75, 3.05) is 42.5 Å². The number of carbonyl (C=O) groups excluding carboxylic acids is 1. The number of benzene rings is 1. The Hall–Kier alpha value is -2.54. The third kappa shape index (κ3) is 4.08. The molecule has 1 aromatic heterocycles. The van der Waals surface area contributed by atoms with Gasteiger partial charge in [-0.15, -0.1) is 0 Å². The van der Waals surface area contributed by atoms with Crippen molar-refractivity contribution in [3.63, 3.8) is 0 Å². The standard InChI is InChI=1S/C19H22ClN5O2/c20-15-3-1-2-4-16(15)24-7-9-25(10-8-24)19-22-12-14(18(27)23-19)17(26)21-11-13-5-6-13/h1-4,12-13H,5-11H2,(H,21,26)(H,22,23,27). The molecule has 4 rings (SSSR count). The minimum absolute atomic E-state index is 0.0640. The van der Waals surface area contributed by atoms with E-state index in [1.54, 1.807) is 0 Å². The van der Waals surface area contributed by atoms with E-state index in [1.165, 1.54) is 6.20 Å². The molecule has 1 amide bonds. The van der Waals surface area contributed by atoms with E-state index >= 15 is 0 Å². The van der Waals surface area contributed by atoms with Crippen LogP contribution in [-0.4, -0.2) is 48.6 Å². The molecule has 0 atom stereocenters. The first kappa shape index (κ1) is 17.9. The smallest absolute Gasteiger partial charge is 0.265 e. The van der Waals surface area contributed by atoms with E-state index < -0.39 is 5.56 Å². The number of amides is 1. The van der Waals surface area contributed by atoms with Crippen LogP contribution in [0.5, 0.6) is 0 Å². The second-order valence-electron chi connectivity index (χ2n) is 7.03. The zero-order valence-electron chi connectivity index (χ0n) is 14.9. The number of para-hydroxylation sites is 1. The van der Waals surface area contributed by atoms with Gasteiger partial charge in [0, 0.05) is 38.9 Å². The Balaban J connectivity index is 1.39. The third-order valence-electron chi connectivity index (χ3n) is 5.05. The lowest BCUT2D eigenvalue weighted by Gasteiger charge is -2.36. The lowest BCUT2D eigenvalue weighted by molar-refractivity contribution is 0.0950. The maximum atomic E-state index is 12.3. The summed E-state index contributed by atoms with van der Waals surface area (Å²) in [6.07, 6.45) is 3.67. The number of carbonyl (C=O) groups is 1. The van der Waals surface area contributed by atoms with Crippen LogP contribution in [0.2, 0.25) is 5.02 Å². The molecule has 1 aliphatic carbocycles. The normalized spacial score (nSPS) is 17.1. The average Bonchev–Trinajstić information content (AvgIpc) is 3.51. The van der Waals surface area contributed by atoms with E-state index in [4.69, 9.17) is 11.6 Å². The molecule has 27 heavy (non-hydrogen) atoms. The van der Waals surface area contributed by atoms with Crippen LogP contribution >= 0.6 is 11.6 Å². The molecule has 1 aromatic carbocycles. The van der Waals surface area contributed by atoms with Crippen LogP contribution in [0, 0.1) is 5.92 Å². The number of rotatable bonds is 5. The summed E-state index contributed by atoms with van der Waals surface area (Å²) < 4.78 is 0. The van der Waals surface area contributed by atoms with Crippen LogP contribution in [-0.2, 0) is 0 Å². The molecule has 2 fully saturated rings. The third-order valence-corrected chi connectivity index (χ3v) is 5.37. The summed E-state index contributed by atoms with van der Waals surface area (Å²) in [6, 6.07) is 7.78. The molecule has 0 bridgehead atoms. The van der Waals surface area contributed by atoms with Gasteiger partial charge in [-0.05, 0) is 30.9 Å². The van der Waals surface area contributed by atoms with Crippen molar-refractivity contribution < 1.29 is 4.79 Å². The molecule has 0 unspecified atom stereocenters. The number of aromatic amines is 1. The Morgan fingerprint density at radius 1 is 1.19 bits per heavy atom. The SMILES string of the molecule is O=C(NCC1CC1)c1cnc(N2CCN(c3ccccc3Cl)CC2)[nH]c1=O. The molecule has 2 N–H and O–H groups in total. The van der Waals surface area contributed by atoms with Crippen LogP contribution < -0.4 is 20.7 Å². The van der Waals surface area contributed by atoms with Crippen LogP contribution in [0.25, 0.3) is 0 Å². The molecule has 2 heterocycles. The topological polar surface area (TPSA) is 81.3 Å². The number of hydrogen-bond donors (Lipinski definition) is 2. The van der Waals surface area contributed by atoms with Gasteiger partial charge in [0.2, 0.25) is 5.95 Å². The first-order valence-corrected chi connectivity index (χ1v) is 9.61. The van der Waals surface area contributed by atoms with E-state index in [0.29, 0.717) is 31.5 Å².